The van der Waals surface area contributed by atoms with Gasteiger partial charge in [-0.2, -0.15) is 0 Å². The van der Waals surface area contributed by atoms with E-state index in [-0.39, 0.29) is 5.69 Å². The third-order valence-electron chi connectivity index (χ3n) is 2.34. The Morgan fingerprint density at radius 2 is 2.29 bits per heavy atom. The number of carbonyl (C=O) groups excluding carboxylic acids is 1. The number of aromatic nitrogens is 1. The van der Waals surface area contributed by atoms with E-state index in [1.54, 1.807) is 0 Å². The van der Waals surface area contributed by atoms with E-state index in [0.717, 1.165) is 12.8 Å². The molecule has 0 unspecified atom stereocenters. The number of aliphatic carboxylic acids is 1. The van der Waals surface area contributed by atoms with E-state index < -0.39 is 17.9 Å². The van der Waals surface area contributed by atoms with Crippen molar-refractivity contribution in [2.45, 2.75) is 32.2 Å². The summed E-state index contributed by atoms with van der Waals surface area (Å²) >= 11 is 5.66. The number of unbranched alkanes of at least 4 members (excludes halogenated alkanes) is 1. The molecule has 0 aliphatic carbocycles. The van der Waals surface area contributed by atoms with Crippen molar-refractivity contribution >= 4 is 23.5 Å². The molecule has 0 spiro atoms. The minimum Gasteiger partial charge on any atom is -0.480 e. The fraction of sp³-hybridized carbons (Fsp3) is 0.455. The molecule has 0 saturated heterocycles. The van der Waals surface area contributed by atoms with Crippen LogP contribution in [-0.4, -0.2) is 28.0 Å². The molecule has 1 aromatic heterocycles. The van der Waals surface area contributed by atoms with Crippen LogP contribution in [0.5, 0.6) is 0 Å². The molecule has 0 bridgehead atoms. The second-order valence-corrected chi connectivity index (χ2v) is 4.17. The molecule has 94 valence electrons. The maximum atomic E-state index is 11.7. The Labute approximate surface area is 104 Å². The molecule has 1 heterocycles. The largest absolute Gasteiger partial charge is 0.480 e. The summed E-state index contributed by atoms with van der Waals surface area (Å²) in [6, 6.07) is 0.597. The number of hydrogen-bond acceptors (Lipinski definition) is 2. The third kappa shape index (κ3) is 4.11. The summed E-state index contributed by atoms with van der Waals surface area (Å²) in [5.41, 5.74) is 0.262. The summed E-state index contributed by atoms with van der Waals surface area (Å²) in [5, 5.41) is 11.8. The van der Waals surface area contributed by atoms with Crippen LogP contribution in [0, 0.1) is 0 Å². The van der Waals surface area contributed by atoms with Crippen molar-refractivity contribution < 1.29 is 14.7 Å². The maximum absolute atomic E-state index is 11.7. The first-order valence-corrected chi connectivity index (χ1v) is 5.80. The van der Waals surface area contributed by atoms with Gasteiger partial charge < -0.3 is 15.4 Å². The summed E-state index contributed by atoms with van der Waals surface area (Å²) in [6.07, 6.45) is 3.53. The van der Waals surface area contributed by atoms with Crippen molar-refractivity contribution in [2.75, 3.05) is 0 Å². The monoisotopic (exact) mass is 258 g/mol. The van der Waals surface area contributed by atoms with Crippen LogP contribution in [0.2, 0.25) is 5.02 Å². The molecule has 1 rings (SSSR count). The van der Waals surface area contributed by atoms with E-state index >= 15 is 0 Å². The molecule has 0 fully saturated rings. The van der Waals surface area contributed by atoms with Crippen LogP contribution >= 0.6 is 11.6 Å². The van der Waals surface area contributed by atoms with Gasteiger partial charge in [0.15, 0.2) is 0 Å². The number of halogens is 1. The average Bonchev–Trinajstić information content (AvgIpc) is 2.70. The van der Waals surface area contributed by atoms with Crippen LogP contribution < -0.4 is 5.32 Å². The van der Waals surface area contributed by atoms with E-state index in [1.807, 2.05) is 6.92 Å². The van der Waals surface area contributed by atoms with Crippen molar-refractivity contribution in [3.63, 3.8) is 0 Å². The molecule has 0 aliphatic heterocycles. The Balaban J connectivity index is 2.60. The molecule has 1 amide bonds. The molecule has 6 heteroatoms. The second-order valence-electron chi connectivity index (χ2n) is 3.74. The van der Waals surface area contributed by atoms with Gasteiger partial charge in [-0.1, -0.05) is 31.4 Å². The lowest BCUT2D eigenvalue weighted by atomic mass is 10.1. The van der Waals surface area contributed by atoms with Crippen molar-refractivity contribution in [2.24, 2.45) is 0 Å². The van der Waals surface area contributed by atoms with Gasteiger partial charge in [0.2, 0.25) is 0 Å². The highest BCUT2D eigenvalue weighted by atomic mass is 35.5. The first-order valence-electron chi connectivity index (χ1n) is 5.42. The predicted molar refractivity (Wildman–Crippen MR) is 64.2 cm³/mol. The third-order valence-corrected chi connectivity index (χ3v) is 2.56. The molecule has 17 heavy (non-hydrogen) atoms. The van der Waals surface area contributed by atoms with Gasteiger partial charge >= 0.3 is 5.97 Å². The summed E-state index contributed by atoms with van der Waals surface area (Å²) in [5.74, 6) is -1.48. The topological polar surface area (TPSA) is 82.2 Å². The van der Waals surface area contributed by atoms with E-state index in [0.29, 0.717) is 11.4 Å². The van der Waals surface area contributed by atoms with Gasteiger partial charge in [-0.15, -0.1) is 0 Å². The number of carboxylic acids is 1. The zero-order valence-corrected chi connectivity index (χ0v) is 10.3. The Bertz CT molecular complexity index is 403. The number of amides is 1. The number of H-pyrrole nitrogens is 1. The summed E-state index contributed by atoms with van der Waals surface area (Å²) in [4.78, 5) is 25.3. The summed E-state index contributed by atoms with van der Waals surface area (Å²) in [7, 11) is 0. The number of hydrogen-bond donors (Lipinski definition) is 3. The van der Waals surface area contributed by atoms with E-state index in [2.05, 4.69) is 10.3 Å². The SMILES string of the molecule is CCCC[C@H](NC(=O)c1cc(Cl)c[nH]1)C(=O)O. The minimum absolute atomic E-state index is 0.262. The standard InChI is InChI=1S/C11H15ClN2O3/c1-2-3-4-8(11(16)17)14-10(15)9-5-7(12)6-13-9/h5-6,8,13H,2-4H2,1H3,(H,14,15)(H,16,17)/t8-/m0/s1. The van der Waals surface area contributed by atoms with E-state index in [1.165, 1.54) is 12.3 Å². The van der Waals surface area contributed by atoms with Crippen LogP contribution in [0.3, 0.4) is 0 Å². The molecule has 5 nitrogen and oxygen atoms in total. The Kier molecular flexibility index (Phi) is 5.03. The first-order chi connectivity index (χ1) is 8.04. The van der Waals surface area contributed by atoms with Crippen LogP contribution in [0.4, 0.5) is 0 Å². The molecule has 1 aromatic rings. The predicted octanol–water partition coefficient (Wildman–Crippen LogP) is 2.04. The molecule has 0 aliphatic rings. The fourth-order valence-electron chi connectivity index (χ4n) is 1.40. The molecule has 1 atom stereocenters. The van der Waals surface area contributed by atoms with E-state index in [4.69, 9.17) is 16.7 Å². The Morgan fingerprint density at radius 3 is 2.76 bits per heavy atom. The van der Waals surface area contributed by atoms with Crippen LogP contribution in [0.25, 0.3) is 0 Å². The van der Waals surface area contributed by atoms with Gasteiger partial charge in [-0.3, -0.25) is 4.79 Å². The molecule has 0 saturated carbocycles. The molecular weight excluding hydrogens is 244 g/mol. The number of aromatic amines is 1. The van der Waals surface area contributed by atoms with Crippen molar-refractivity contribution in [3.05, 3.63) is 23.0 Å². The van der Waals surface area contributed by atoms with Gasteiger partial charge in [-0.25, -0.2) is 4.79 Å². The quantitative estimate of drug-likeness (QED) is 0.730. The van der Waals surface area contributed by atoms with Crippen LogP contribution in [0.15, 0.2) is 12.3 Å². The summed E-state index contributed by atoms with van der Waals surface area (Å²) in [6.45, 7) is 1.96. The number of nitrogens with one attached hydrogen (secondary N) is 2. The average molecular weight is 259 g/mol. The number of carbonyl (C=O) groups is 2. The van der Waals surface area contributed by atoms with Crippen molar-refractivity contribution in [1.82, 2.24) is 10.3 Å². The fourth-order valence-corrected chi connectivity index (χ4v) is 1.56. The Hall–Kier alpha value is -1.49. The number of carboxylic acid groups (broad SMARTS) is 1. The summed E-state index contributed by atoms with van der Waals surface area (Å²) < 4.78 is 0. The van der Waals surface area contributed by atoms with Gasteiger partial charge in [0.1, 0.15) is 11.7 Å². The minimum atomic E-state index is -1.02. The van der Waals surface area contributed by atoms with Gasteiger partial charge in [-0.05, 0) is 12.5 Å². The molecule has 3 N–H and O–H groups in total. The van der Waals surface area contributed by atoms with Crippen LogP contribution in [0.1, 0.15) is 36.7 Å². The van der Waals surface area contributed by atoms with E-state index in [9.17, 15) is 9.59 Å². The smallest absolute Gasteiger partial charge is 0.326 e. The highest BCUT2D eigenvalue weighted by Gasteiger charge is 2.20. The van der Waals surface area contributed by atoms with Gasteiger partial charge in [0, 0.05) is 6.20 Å². The second kappa shape index (κ2) is 6.30. The van der Waals surface area contributed by atoms with Gasteiger partial charge in [0.05, 0.1) is 5.02 Å². The lowest BCUT2D eigenvalue weighted by Crippen LogP contribution is -2.40. The Morgan fingerprint density at radius 1 is 1.59 bits per heavy atom. The highest BCUT2D eigenvalue weighted by molar-refractivity contribution is 6.30. The van der Waals surface area contributed by atoms with Gasteiger partial charge in [0.25, 0.3) is 5.91 Å². The highest BCUT2D eigenvalue weighted by Crippen LogP contribution is 2.10. The van der Waals surface area contributed by atoms with Crippen molar-refractivity contribution in [3.8, 4) is 0 Å². The number of rotatable bonds is 6. The zero-order valence-electron chi connectivity index (χ0n) is 9.50. The molecular formula is C11H15ClN2O3. The zero-order chi connectivity index (χ0) is 12.8. The lowest BCUT2D eigenvalue weighted by molar-refractivity contribution is -0.139. The maximum Gasteiger partial charge on any atom is 0.326 e. The lowest BCUT2D eigenvalue weighted by Gasteiger charge is -2.13. The normalized spacial score (nSPS) is 12.1. The van der Waals surface area contributed by atoms with Crippen LogP contribution in [-0.2, 0) is 4.79 Å². The first kappa shape index (κ1) is 13.6. The van der Waals surface area contributed by atoms with Crippen molar-refractivity contribution in [1.29, 1.82) is 0 Å². The molecule has 0 aromatic carbocycles. The molecule has 0 radical (unpaired) electrons.